The SMILES string of the molecule is CCOc1ccc(C2CC2NC(=NC)NC)cc1. The van der Waals surface area contributed by atoms with Gasteiger partial charge in [0.25, 0.3) is 0 Å². The van der Waals surface area contributed by atoms with Crippen LogP contribution in [0.1, 0.15) is 24.8 Å². The van der Waals surface area contributed by atoms with E-state index in [4.69, 9.17) is 4.74 Å². The highest BCUT2D eigenvalue weighted by Gasteiger charge is 2.38. The lowest BCUT2D eigenvalue weighted by Crippen LogP contribution is -2.36. The molecule has 1 aromatic carbocycles. The van der Waals surface area contributed by atoms with Gasteiger partial charge in [-0.15, -0.1) is 0 Å². The highest BCUT2D eigenvalue weighted by Crippen LogP contribution is 2.41. The van der Waals surface area contributed by atoms with Gasteiger partial charge >= 0.3 is 0 Å². The maximum absolute atomic E-state index is 5.44. The zero-order valence-electron chi connectivity index (χ0n) is 11.2. The van der Waals surface area contributed by atoms with Crippen molar-refractivity contribution in [3.63, 3.8) is 0 Å². The Kier molecular flexibility index (Phi) is 4.07. The maximum atomic E-state index is 5.44. The van der Waals surface area contributed by atoms with E-state index in [2.05, 4.69) is 27.8 Å². The Labute approximate surface area is 108 Å². The van der Waals surface area contributed by atoms with Crippen LogP contribution >= 0.6 is 0 Å². The topological polar surface area (TPSA) is 45.6 Å². The van der Waals surface area contributed by atoms with Gasteiger partial charge in [-0.3, -0.25) is 4.99 Å². The molecule has 0 bridgehead atoms. The summed E-state index contributed by atoms with van der Waals surface area (Å²) in [4.78, 5) is 4.13. The third-order valence-electron chi connectivity index (χ3n) is 3.19. The summed E-state index contributed by atoms with van der Waals surface area (Å²) >= 11 is 0. The van der Waals surface area contributed by atoms with Crippen molar-refractivity contribution in [3.05, 3.63) is 29.8 Å². The number of benzene rings is 1. The lowest BCUT2D eigenvalue weighted by Gasteiger charge is -2.08. The average molecular weight is 247 g/mol. The first kappa shape index (κ1) is 12.7. The fourth-order valence-electron chi connectivity index (χ4n) is 2.12. The Bertz CT molecular complexity index is 414. The van der Waals surface area contributed by atoms with E-state index in [1.54, 1.807) is 7.05 Å². The Hall–Kier alpha value is -1.71. The van der Waals surface area contributed by atoms with Crippen molar-refractivity contribution in [2.75, 3.05) is 20.7 Å². The van der Waals surface area contributed by atoms with Crippen LogP contribution in [0.15, 0.2) is 29.3 Å². The second kappa shape index (κ2) is 5.76. The van der Waals surface area contributed by atoms with Crippen molar-refractivity contribution in [1.29, 1.82) is 0 Å². The van der Waals surface area contributed by atoms with E-state index in [0.717, 1.165) is 18.1 Å². The number of aliphatic imine (C=N–C) groups is 1. The number of hydrogen-bond acceptors (Lipinski definition) is 2. The Morgan fingerprint density at radius 2 is 2.11 bits per heavy atom. The van der Waals surface area contributed by atoms with Gasteiger partial charge in [-0.2, -0.15) is 0 Å². The molecular weight excluding hydrogens is 226 g/mol. The number of ether oxygens (including phenoxy) is 1. The van der Waals surface area contributed by atoms with Crippen LogP contribution in [-0.2, 0) is 0 Å². The Morgan fingerprint density at radius 3 is 2.67 bits per heavy atom. The summed E-state index contributed by atoms with van der Waals surface area (Å²) in [7, 11) is 3.66. The predicted molar refractivity (Wildman–Crippen MR) is 74.3 cm³/mol. The van der Waals surface area contributed by atoms with Gasteiger partial charge in [0.05, 0.1) is 6.61 Å². The second-order valence-corrected chi connectivity index (χ2v) is 4.42. The highest BCUT2D eigenvalue weighted by atomic mass is 16.5. The number of rotatable bonds is 4. The molecule has 0 amide bonds. The van der Waals surface area contributed by atoms with Gasteiger partial charge in [-0.05, 0) is 31.0 Å². The van der Waals surface area contributed by atoms with Crippen molar-refractivity contribution in [2.24, 2.45) is 4.99 Å². The molecule has 18 heavy (non-hydrogen) atoms. The third-order valence-corrected chi connectivity index (χ3v) is 3.19. The molecule has 2 rings (SSSR count). The molecule has 0 spiro atoms. The van der Waals surface area contributed by atoms with E-state index in [1.165, 1.54) is 5.56 Å². The smallest absolute Gasteiger partial charge is 0.190 e. The minimum absolute atomic E-state index is 0.495. The van der Waals surface area contributed by atoms with Crippen molar-refractivity contribution in [1.82, 2.24) is 10.6 Å². The summed E-state index contributed by atoms with van der Waals surface area (Å²) in [5, 5.41) is 6.43. The number of guanidine groups is 1. The summed E-state index contributed by atoms with van der Waals surface area (Å²) in [5.41, 5.74) is 1.36. The molecule has 2 atom stereocenters. The minimum atomic E-state index is 0.495. The molecule has 0 saturated heterocycles. The van der Waals surface area contributed by atoms with Crippen LogP contribution in [0, 0.1) is 0 Å². The first-order valence-corrected chi connectivity index (χ1v) is 6.42. The molecule has 0 aliphatic heterocycles. The van der Waals surface area contributed by atoms with E-state index < -0.39 is 0 Å². The molecule has 4 heteroatoms. The van der Waals surface area contributed by atoms with Crippen molar-refractivity contribution >= 4 is 5.96 Å². The van der Waals surface area contributed by atoms with Crippen LogP contribution in [0.4, 0.5) is 0 Å². The summed E-state index contributed by atoms with van der Waals surface area (Å²) in [6.45, 7) is 2.71. The average Bonchev–Trinajstić information content (AvgIpc) is 3.16. The number of nitrogens with one attached hydrogen (secondary N) is 2. The lowest BCUT2D eigenvalue weighted by molar-refractivity contribution is 0.340. The molecule has 1 aliphatic rings. The van der Waals surface area contributed by atoms with Gasteiger partial charge < -0.3 is 15.4 Å². The van der Waals surface area contributed by atoms with Crippen LogP contribution < -0.4 is 15.4 Å². The number of nitrogens with zero attached hydrogens (tertiary/aromatic N) is 1. The molecule has 1 aliphatic carbocycles. The maximum Gasteiger partial charge on any atom is 0.190 e. The zero-order valence-corrected chi connectivity index (χ0v) is 11.2. The van der Waals surface area contributed by atoms with Gasteiger partial charge in [0.1, 0.15) is 5.75 Å². The van der Waals surface area contributed by atoms with Crippen LogP contribution in [-0.4, -0.2) is 32.7 Å². The summed E-state index contributed by atoms with van der Waals surface area (Å²) in [5.74, 6) is 2.39. The minimum Gasteiger partial charge on any atom is -0.494 e. The lowest BCUT2D eigenvalue weighted by atomic mass is 10.1. The number of hydrogen-bond donors (Lipinski definition) is 2. The normalized spacial score (nSPS) is 22.5. The van der Waals surface area contributed by atoms with Gasteiger partial charge in [-0.1, -0.05) is 12.1 Å². The zero-order chi connectivity index (χ0) is 13.0. The highest BCUT2D eigenvalue weighted by molar-refractivity contribution is 5.80. The van der Waals surface area contributed by atoms with E-state index in [9.17, 15) is 0 Å². The molecule has 1 fully saturated rings. The van der Waals surface area contributed by atoms with E-state index in [0.29, 0.717) is 18.6 Å². The summed E-state index contributed by atoms with van der Waals surface area (Å²) < 4.78 is 5.44. The van der Waals surface area contributed by atoms with Gasteiger partial charge in [-0.25, -0.2) is 0 Å². The van der Waals surface area contributed by atoms with Crippen molar-refractivity contribution in [3.8, 4) is 5.75 Å². The first-order valence-electron chi connectivity index (χ1n) is 6.42. The summed E-state index contributed by atoms with van der Waals surface area (Å²) in [6.07, 6.45) is 1.16. The van der Waals surface area contributed by atoms with Crippen LogP contribution in [0.5, 0.6) is 5.75 Å². The van der Waals surface area contributed by atoms with Crippen LogP contribution in [0.25, 0.3) is 0 Å². The van der Waals surface area contributed by atoms with Gasteiger partial charge in [0, 0.05) is 26.1 Å². The van der Waals surface area contributed by atoms with Crippen molar-refractivity contribution < 1.29 is 4.74 Å². The fourth-order valence-corrected chi connectivity index (χ4v) is 2.12. The van der Waals surface area contributed by atoms with Crippen LogP contribution in [0.3, 0.4) is 0 Å². The molecule has 98 valence electrons. The standard InChI is InChI=1S/C14H21N3O/c1-4-18-11-7-5-10(6-8-11)12-9-13(12)17-14(15-2)16-3/h5-8,12-13H,4,9H2,1-3H3,(H2,15,16,17). The molecule has 0 heterocycles. The predicted octanol–water partition coefficient (Wildman–Crippen LogP) is 1.74. The second-order valence-electron chi connectivity index (χ2n) is 4.42. The van der Waals surface area contributed by atoms with Crippen molar-refractivity contribution in [2.45, 2.75) is 25.3 Å². The fraction of sp³-hybridized carbons (Fsp3) is 0.500. The molecular formula is C14H21N3O. The Balaban J connectivity index is 1.91. The molecule has 4 nitrogen and oxygen atoms in total. The molecule has 2 unspecified atom stereocenters. The third kappa shape index (κ3) is 2.94. The largest absolute Gasteiger partial charge is 0.494 e. The Morgan fingerprint density at radius 1 is 1.39 bits per heavy atom. The molecule has 0 radical (unpaired) electrons. The van der Waals surface area contributed by atoms with Gasteiger partial charge in [0.15, 0.2) is 5.96 Å². The van der Waals surface area contributed by atoms with E-state index >= 15 is 0 Å². The molecule has 2 N–H and O–H groups in total. The quantitative estimate of drug-likeness (QED) is 0.629. The van der Waals surface area contributed by atoms with E-state index in [-0.39, 0.29) is 0 Å². The van der Waals surface area contributed by atoms with Crippen LogP contribution in [0.2, 0.25) is 0 Å². The molecule has 1 saturated carbocycles. The van der Waals surface area contributed by atoms with E-state index in [1.807, 2.05) is 26.1 Å². The monoisotopic (exact) mass is 247 g/mol. The van der Waals surface area contributed by atoms with Gasteiger partial charge in [0.2, 0.25) is 0 Å². The molecule has 1 aromatic rings. The molecule has 0 aromatic heterocycles. The summed E-state index contributed by atoms with van der Waals surface area (Å²) in [6, 6.07) is 8.88. The first-order chi connectivity index (χ1) is 8.78.